The predicted octanol–water partition coefficient (Wildman–Crippen LogP) is 3.23. The van der Waals surface area contributed by atoms with Crippen molar-refractivity contribution in [2.45, 2.75) is 58.4 Å². The molecule has 0 spiro atoms. The molecule has 1 aliphatic rings. The van der Waals surface area contributed by atoms with Gasteiger partial charge >= 0.3 is 6.03 Å². The lowest BCUT2D eigenvalue weighted by Crippen LogP contribution is -2.45. The third kappa shape index (κ3) is 5.55. The highest BCUT2D eigenvalue weighted by Crippen LogP contribution is 2.17. The molecule has 132 valence electrons. The van der Waals surface area contributed by atoms with Crippen molar-refractivity contribution in [1.29, 1.82) is 0 Å². The van der Waals surface area contributed by atoms with Crippen LogP contribution >= 0.6 is 0 Å². The maximum absolute atomic E-state index is 12.0. The highest BCUT2D eigenvalue weighted by atomic mass is 16.2. The van der Waals surface area contributed by atoms with E-state index in [4.69, 9.17) is 0 Å². The zero-order valence-corrected chi connectivity index (χ0v) is 14.8. The smallest absolute Gasteiger partial charge is 0.315 e. The molecule has 1 saturated carbocycles. The lowest BCUT2D eigenvalue weighted by atomic mass is 9.96. The number of amides is 3. The van der Waals surface area contributed by atoms with Crippen molar-refractivity contribution in [3.63, 3.8) is 0 Å². The van der Waals surface area contributed by atoms with Gasteiger partial charge in [-0.05, 0) is 37.0 Å². The number of benzene rings is 1. The first kappa shape index (κ1) is 18.3. The van der Waals surface area contributed by atoms with Gasteiger partial charge in [-0.2, -0.15) is 0 Å². The van der Waals surface area contributed by atoms with Crippen molar-refractivity contribution in [1.82, 2.24) is 10.6 Å². The maximum Gasteiger partial charge on any atom is 0.315 e. The van der Waals surface area contributed by atoms with Gasteiger partial charge in [0.25, 0.3) is 0 Å². The van der Waals surface area contributed by atoms with E-state index in [2.05, 4.69) is 17.6 Å². The minimum Gasteiger partial charge on any atom is -0.336 e. The number of hydrogen-bond donors (Lipinski definition) is 2. The van der Waals surface area contributed by atoms with Crippen molar-refractivity contribution < 1.29 is 9.59 Å². The van der Waals surface area contributed by atoms with Crippen LogP contribution in [0, 0.1) is 0 Å². The van der Waals surface area contributed by atoms with E-state index in [9.17, 15) is 9.59 Å². The standard InChI is InChI=1S/C19H29N3O2/c1-3-16-9-11-18(12-10-16)22(15(2)23)14-13-20-19(24)21-17-7-5-4-6-8-17/h9-12,17H,3-8,13-14H2,1-2H3,(H2,20,21,24). The molecule has 1 aromatic rings. The normalized spacial score (nSPS) is 14.9. The molecule has 5 nitrogen and oxygen atoms in total. The Bertz CT molecular complexity index is 536. The molecule has 24 heavy (non-hydrogen) atoms. The Hall–Kier alpha value is -2.04. The topological polar surface area (TPSA) is 61.4 Å². The molecule has 5 heteroatoms. The molecule has 0 bridgehead atoms. The number of hydrogen-bond acceptors (Lipinski definition) is 2. The fourth-order valence-electron chi connectivity index (χ4n) is 3.14. The first-order chi connectivity index (χ1) is 11.6. The average Bonchev–Trinajstić information content (AvgIpc) is 2.59. The summed E-state index contributed by atoms with van der Waals surface area (Å²) in [4.78, 5) is 25.5. The number of carbonyl (C=O) groups excluding carboxylic acids is 2. The Labute approximate surface area is 144 Å². The molecule has 1 fully saturated rings. The van der Waals surface area contributed by atoms with Gasteiger partial charge in [-0.15, -0.1) is 0 Å². The van der Waals surface area contributed by atoms with Gasteiger partial charge in [0.1, 0.15) is 0 Å². The van der Waals surface area contributed by atoms with Crippen LogP contribution in [0.1, 0.15) is 51.5 Å². The molecule has 2 rings (SSSR count). The molecule has 2 N–H and O–H groups in total. The van der Waals surface area contributed by atoms with E-state index < -0.39 is 0 Å². The maximum atomic E-state index is 12.0. The van der Waals surface area contributed by atoms with Crippen molar-refractivity contribution in [3.8, 4) is 0 Å². The number of nitrogens with one attached hydrogen (secondary N) is 2. The summed E-state index contributed by atoms with van der Waals surface area (Å²) in [7, 11) is 0. The monoisotopic (exact) mass is 331 g/mol. The van der Waals surface area contributed by atoms with Gasteiger partial charge < -0.3 is 15.5 Å². The zero-order chi connectivity index (χ0) is 17.4. The number of urea groups is 1. The average molecular weight is 331 g/mol. The minimum atomic E-state index is -0.133. The number of nitrogens with zero attached hydrogens (tertiary/aromatic N) is 1. The van der Waals surface area contributed by atoms with E-state index in [1.54, 1.807) is 11.8 Å². The molecule has 0 atom stereocenters. The highest BCUT2D eigenvalue weighted by Gasteiger charge is 2.16. The molecule has 0 heterocycles. The van der Waals surface area contributed by atoms with Crippen LogP contribution < -0.4 is 15.5 Å². The van der Waals surface area contributed by atoms with Crippen LogP contribution in [0.5, 0.6) is 0 Å². The number of carbonyl (C=O) groups is 2. The van der Waals surface area contributed by atoms with Crippen LogP contribution in [-0.2, 0) is 11.2 Å². The Kier molecular flexibility index (Phi) is 7.09. The Balaban J connectivity index is 1.80. The third-order valence-corrected chi connectivity index (χ3v) is 4.60. The molecule has 1 aromatic carbocycles. The van der Waals surface area contributed by atoms with E-state index >= 15 is 0 Å². The number of anilines is 1. The van der Waals surface area contributed by atoms with E-state index in [0.29, 0.717) is 19.1 Å². The Morgan fingerprint density at radius 3 is 2.38 bits per heavy atom. The van der Waals surface area contributed by atoms with Crippen molar-refractivity contribution in [2.75, 3.05) is 18.0 Å². The fraction of sp³-hybridized carbons (Fsp3) is 0.579. The quantitative estimate of drug-likeness (QED) is 0.840. The summed E-state index contributed by atoms with van der Waals surface area (Å²) >= 11 is 0. The first-order valence-electron chi connectivity index (χ1n) is 9.01. The van der Waals surface area contributed by atoms with E-state index in [-0.39, 0.29) is 11.9 Å². The van der Waals surface area contributed by atoms with Crippen molar-refractivity contribution >= 4 is 17.6 Å². The summed E-state index contributed by atoms with van der Waals surface area (Å²) in [6.07, 6.45) is 6.76. The molecule has 0 saturated heterocycles. The fourth-order valence-corrected chi connectivity index (χ4v) is 3.14. The molecule has 3 amide bonds. The molecular formula is C19H29N3O2. The van der Waals surface area contributed by atoms with E-state index in [1.165, 1.54) is 24.8 Å². The van der Waals surface area contributed by atoms with Crippen molar-refractivity contribution in [3.05, 3.63) is 29.8 Å². The summed E-state index contributed by atoms with van der Waals surface area (Å²) in [5.74, 6) is -0.0197. The van der Waals surface area contributed by atoms with Gasteiger partial charge in [-0.1, -0.05) is 38.3 Å². The molecular weight excluding hydrogens is 302 g/mol. The van der Waals surface area contributed by atoms with E-state index in [0.717, 1.165) is 24.9 Å². The summed E-state index contributed by atoms with van der Waals surface area (Å²) < 4.78 is 0. The van der Waals surface area contributed by atoms with Crippen LogP contribution in [0.25, 0.3) is 0 Å². The van der Waals surface area contributed by atoms with Crippen molar-refractivity contribution in [2.24, 2.45) is 0 Å². The van der Waals surface area contributed by atoms with Crippen LogP contribution in [-0.4, -0.2) is 31.1 Å². The second-order valence-corrected chi connectivity index (χ2v) is 6.43. The Morgan fingerprint density at radius 1 is 1.12 bits per heavy atom. The van der Waals surface area contributed by atoms with Gasteiger partial charge in [0, 0.05) is 31.7 Å². The molecule has 0 aromatic heterocycles. The Morgan fingerprint density at radius 2 is 1.79 bits per heavy atom. The number of rotatable bonds is 6. The highest BCUT2D eigenvalue weighted by molar-refractivity contribution is 5.91. The molecule has 1 aliphatic carbocycles. The summed E-state index contributed by atoms with van der Waals surface area (Å²) in [5, 5.41) is 5.89. The van der Waals surface area contributed by atoms with Crippen LogP contribution in [0.4, 0.5) is 10.5 Å². The SMILES string of the molecule is CCc1ccc(N(CCNC(=O)NC2CCCCC2)C(C)=O)cc1. The first-order valence-corrected chi connectivity index (χ1v) is 9.01. The molecule has 0 aliphatic heterocycles. The second-order valence-electron chi connectivity index (χ2n) is 6.43. The summed E-state index contributed by atoms with van der Waals surface area (Å²) in [6.45, 7) is 4.56. The van der Waals surface area contributed by atoms with Gasteiger partial charge in [-0.3, -0.25) is 4.79 Å². The lowest BCUT2D eigenvalue weighted by Gasteiger charge is -2.24. The zero-order valence-electron chi connectivity index (χ0n) is 14.8. The van der Waals surface area contributed by atoms with Gasteiger partial charge in [-0.25, -0.2) is 4.79 Å². The van der Waals surface area contributed by atoms with Crippen LogP contribution in [0.2, 0.25) is 0 Å². The predicted molar refractivity (Wildman–Crippen MR) is 97.3 cm³/mol. The second kappa shape index (κ2) is 9.30. The minimum absolute atomic E-state index is 0.0197. The summed E-state index contributed by atoms with van der Waals surface area (Å²) in [6, 6.07) is 8.16. The van der Waals surface area contributed by atoms with E-state index in [1.807, 2.05) is 24.3 Å². The van der Waals surface area contributed by atoms with Gasteiger partial charge in [0.05, 0.1) is 0 Å². The van der Waals surface area contributed by atoms with Crippen LogP contribution in [0.15, 0.2) is 24.3 Å². The number of aryl methyl sites for hydroxylation is 1. The van der Waals surface area contributed by atoms with Gasteiger partial charge in [0.15, 0.2) is 0 Å². The van der Waals surface area contributed by atoms with Gasteiger partial charge in [0.2, 0.25) is 5.91 Å². The largest absolute Gasteiger partial charge is 0.336 e. The summed E-state index contributed by atoms with van der Waals surface area (Å²) in [5.41, 5.74) is 2.11. The molecule has 0 unspecified atom stereocenters. The lowest BCUT2D eigenvalue weighted by molar-refractivity contribution is -0.116. The third-order valence-electron chi connectivity index (χ3n) is 4.60. The molecule has 0 radical (unpaired) electrons. The van der Waals surface area contributed by atoms with Crippen LogP contribution in [0.3, 0.4) is 0 Å².